The van der Waals surface area contributed by atoms with Crippen molar-refractivity contribution in [3.8, 4) is 0 Å². The van der Waals surface area contributed by atoms with Crippen molar-refractivity contribution in [1.29, 1.82) is 0 Å². The van der Waals surface area contributed by atoms with Crippen molar-refractivity contribution >= 4 is 17.2 Å². The lowest BCUT2D eigenvalue weighted by molar-refractivity contribution is 0.850. The Morgan fingerprint density at radius 1 is 1.50 bits per heavy atom. The van der Waals surface area contributed by atoms with Gasteiger partial charge in [0.2, 0.25) is 0 Å². The van der Waals surface area contributed by atoms with Gasteiger partial charge in [-0.05, 0) is 19.3 Å². The average Bonchev–Trinajstić information content (AvgIpc) is 2.70. The third-order valence-electron chi connectivity index (χ3n) is 2.62. The SMILES string of the molecule is O=c1[nH]cc(Cl)c2nc3c(n12)CCC3. The summed E-state index contributed by atoms with van der Waals surface area (Å²) >= 11 is 5.94. The van der Waals surface area contributed by atoms with Crippen LogP contribution in [-0.4, -0.2) is 14.4 Å². The fourth-order valence-corrected chi connectivity index (χ4v) is 2.19. The number of halogens is 1. The second kappa shape index (κ2) is 2.60. The van der Waals surface area contributed by atoms with E-state index in [1.165, 1.54) is 6.20 Å². The minimum atomic E-state index is -0.153. The molecule has 0 fully saturated rings. The molecule has 5 heteroatoms. The van der Waals surface area contributed by atoms with Gasteiger partial charge in [-0.15, -0.1) is 0 Å². The fourth-order valence-electron chi connectivity index (χ4n) is 2.01. The smallest absolute Gasteiger partial charge is 0.312 e. The Hall–Kier alpha value is -1.29. The van der Waals surface area contributed by atoms with Crippen LogP contribution in [0.1, 0.15) is 17.8 Å². The average molecular weight is 210 g/mol. The maximum atomic E-state index is 11.6. The first-order valence-corrected chi connectivity index (χ1v) is 4.92. The molecule has 14 heavy (non-hydrogen) atoms. The maximum Gasteiger partial charge on any atom is 0.331 e. The first kappa shape index (κ1) is 8.05. The molecule has 0 saturated carbocycles. The molecule has 0 atom stereocenters. The van der Waals surface area contributed by atoms with Gasteiger partial charge < -0.3 is 4.98 Å². The third-order valence-corrected chi connectivity index (χ3v) is 2.90. The topological polar surface area (TPSA) is 50.2 Å². The molecule has 1 N–H and O–H groups in total. The molecule has 4 nitrogen and oxygen atoms in total. The van der Waals surface area contributed by atoms with E-state index >= 15 is 0 Å². The molecule has 0 aliphatic heterocycles. The summed E-state index contributed by atoms with van der Waals surface area (Å²) in [4.78, 5) is 18.5. The molecule has 1 aliphatic rings. The number of hydrogen-bond donors (Lipinski definition) is 1. The van der Waals surface area contributed by atoms with E-state index in [0.717, 1.165) is 30.7 Å². The molecule has 0 bridgehead atoms. The molecule has 2 aromatic heterocycles. The monoisotopic (exact) mass is 209 g/mol. The van der Waals surface area contributed by atoms with Gasteiger partial charge in [0.05, 0.1) is 11.4 Å². The van der Waals surface area contributed by atoms with Gasteiger partial charge in [0.25, 0.3) is 0 Å². The van der Waals surface area contributed by atoms with Gasteiger partial charge in [-0.2, -0.15) is 0 Å². The van der Waals surface area contributed by atoms with Crippen LogP contribution in [0.25, 0.3) is 5.65 Å². The molecule has 0 amide bonds. The van der Waals surface area contributed by atoms with E-state index in [9.17, 15) is 4.79 Å². The summed E-state index contributed by atoms with van der Waals surface area (Å²) < 4.78 is 1.59. The Balaban J connectivity index is 2.54. The molecule has 0 saturated heterocycles. The fraction of sp³-hybridized carbons (Fsp3) is 0.333. The largest absolute Gasteiger partial charge is 0.331 e. The number of rotatable bonds is 0. The van der Waals surface area contributed by atoms with Crippen LogP contribution in [-0.2, 0) is 12.8 Å². The number of imidazole rings is 1. The van der Waals surface area contributed by atoms with E-state index in [-0.39, 0.29) is 5.69 Å². The minimum absolute atomic E-state index is 0.153. The van der Waals surface area contributed by atoms with Crippen molar-refractivity contribution < 1.29 is 0 Å². The Labute approximate surface area is 84.5 Å². The number of aromatic nitrogens is 3. The van der Waals surface area contributed by atoms with Crippen LogP contribution in [0.4, 0.5) is 0 Å². The predicted molar refractivity (Wildman–Crippen MR) is 52.8 cm³/mol. The molecule has 72 valence electrons. The quantitative estimate of drug-likeness (QED) is 0.708. The molecule has 0 spiro atoms. The molecule has 3 rings (SSSR count). The van der Waals surface area contributed by atoms with Crippen molar-refractivity contribution in [3.05, 3.63) is 33.1 Å². The van der Waals surface area contributed by atoms with E-state index in [1.807, 2.05) is 0 Å². The normalized spacial score (nSPS) is 14.9. The number of nitrogens with one attached hydrogen (secondary N) is 1. The zero-order chi connectivity index (χ0) is 9.71. The van der Waals surface area contributed by atoms with Gasteiger partial charge in [-0.25, -0.2) is 14.2 Å². The zero-order valence-corrected chi connectivity index (χ0v) is 8.14. The van der Waals surface area contributed by atoms with E-state index < -0.39 is 0 Å². The van der Waals surface area contributed by atoms with Crippen molar-refractivity contribution in [2.24, 2.45) is 0 Å². The predicted octanol–water partition coefficient (Wildman–Crippen LogP) is 1.16. The number of H-pyrrole nitrogens is 1. The molecule has 2 heterocycles. The third kappa shape index (κ3) is 0.889. The van der Waals surface area contributed by atoms with Gasteiger partial charge in [0, 0.05) is 6.20 Å². The highest BCUT2D eigenvalue weighted by Gasteiger charge is 2.20. The zero-order valence-electron chi connectivity index (χ0n) is 7.38. The van der Waals surface area contributed by atoms with Crippen LogP contribution in [0.2, 0.25) is 5.02 Å². The van der Waals surface area contributed by atoms with E-state index in [4.69, 9.17) is 11.6 Å². The summed E-state index contributed by atoms with van der Waals surface area (Å²) in [5.74, 6) is 0. The van der Waals surface area contributed by atoms with E-state index in [1.54, 1.807) is 4.40 Å². The van der Waals surface area contributed by atoms with Crippen molar-refractivity contribution in [1.82, 2.24) is 14.4 Å². The summed E-state index contributed by atoms with van der Waals surface area (Å²) in [5, 5.41) is 0.499. The van der Waals surface area contributed by atoms with Crippen molar-refractivity contribution in [2.45, 2.75) is 19.3 Å². The second-order valence-electron chi connectivity index (χ2n) is 3.46. The minimum Gasteiger partial charge on any atom is -0.312 e. The summed E-state index contributed by atoms with van der Waals surface area (Å²) in [5.41, 5.74) is 2.47. The van der Waals surface area contributed by atoms with Crippen LogP contribution < -0.4 is 5.69 Å². The summed E-state index contributed by atoms with van der Waals surface area (Å²) in [6, 6.07) is 0. The maximum absolute atomic E-state index is 11.6. The summed E-state index contributed by atoms with van der Waals surface area (Å²) in [6.07, 6.45) is 4.43. The highest BCUT2D eigenvalue weighted by Crippen LogP contribution is 2.24. The highest BCUT2D eigenvalue weighted by atomic mass is 35.5. The van der Waals surface area contributed by atoms with Gasteiger partial charge >= 0.3 is 5.69 Å². The number of fused-ring (bicyclic) bond motifs is 3. The number of aryl methyl sites for hydroxylation is 2. The van der Waals surface area contributed by atoms with Crippen molar-refractivity contribution in [2.75, 3.05) is 0 Å². The van der Waals surface area contributed by atoms with Gasteiger partial charge in [-0.3, -0.25) is 0 Å². The molecule has 1 aliphatic carbocycles. The van der Waals surface area contributed by atoms with Crippen molar-refractivity contribution in [3.63, 3.8) is 0 Å². The van der Waals surface area contributed by atoms with Crippen LogP contribution in [0.3, 0.4) is 0 Å². The van der Waals surface area contributed by atoms with Crippen LogP contribution in [0.15, 0.2) is 11.0 Å². The molecule has 2 aromatic rings. The first-order chi connectivity index (χ1) is 6.77. The second-order valence-corrected chi connectivity index (χ2v) is 3.87. The number of hydrogen-bond acceptors (Lipinski definition) is 2. The summed E-state index contributed by atoms with van der Waals surface area (Å²) in [6.45, 7) is 0. The number of nitrogens with zero attached hydrogens (tertiary/aromatic N) is 2. The molecule has 0 unspecified atom stereocenters. The summed E-state index contributed by atoms with van der Waals surface area (Å²) in [7, 11) is 0. The van der Waals surface area contributed by atoms with Crippen LogP contribution in [0.5, 0.6) is 0 Å². The lowest BCUT2D eigenvalue weighted by Gasteiger charge is -1.97. The van der Waals surface area contributed by atoms with Gasteiger partial charge in [-0.1, -0.05) is 11.6 Å². The molecule has 0 aromatic carbocycles. The van der Waals surface area contributed by atoms with E-state index in [2.05, 4.69) is 9.97 Å². The Kier molecular flexibility index (Phi) is 1.50. The van der Waals surface area contributed by atoms with Gasteiger partial charge in [0.15, 0.2) is 5.65 Å². The standard InChI is InChI=1S/C9H8ClN3O/c10-5-4-11-9(14)13-7-3-1-2-6(7)12-8(5)13/h4H,1-3H2,(H,11,14). The van der Waals surface area contributed by atoms with Crippen LogP contribution >= 0.6 is 11.6 Å². The van der Waals surface area contributed by atoms with E-state index in [0.29, 0.717) is 10.7 Å². The highest BCUT2D eigenvalue weighted by molar-refractivity contribution is 6.33. The number of aromatic amines is 1. The Morgan fingerprint density at radius 3 is 3.21 bits per heavy atom. The van der Waals surface area contributed by atoms with Gasteiger partial charge in [0.1, 0.15) is 5.02 Å². The lowest BCUT2D eigenvalue weighted by Crippen LogP contribution is -2.17. The first-order valence-electron chi connectivity index (χ1n) is 4.55. The Morgan fingerprint density at radius 2 is 2.36 bits per heavy atom. The van der Waals surface area contributed by atoms with Crippen LogP contribution in [0, 0.1) is 0 Å². The Bertz CT molecular complexity index is 569. The molecule has 0 radical (unpaired) electrons. The lowest BCUT2D eigenvalue weighted by atomic mass is 10.3. The molecular weight excluding hydrogens is 202 g/mol. The molecular formula is C9H8ClN3O.